The predicted octanol–water partition coefficient (Wildman–Crippen LogP) is 1.33. The van der Waals surface area contributed by atoms with Crippen LogP contribution in [0.25, 0.3) is 0 Å². The zero-order valence-corrected chi connectivity index (χ0v) is 9.39. The van der Waals surface area contributed by atoms with Gasteiger partial charge in [0.2, 0.25) is 0 Å². The lowest BCUT2D eigenvalue weighted by Crippen LogP contribution is -2.56. The molecule has 0 bridgehead atoms. The number of thiazole rings is 1. The first-order valence-corrected chi connectivity index (χ1v) is 6.11. The van der Waals surface area contributed by atoms with E-state index in [1.807, 2.05) is 6.20 Å². The summed E-state index contributed by atoms with van der Waals surface area (Å²) >= 11 is 1.76. The number of rotatable bonds is 5. The normalized spacial score (nSPS) is 17.3. The first kappa shape index (κ1) is 10.1. The largest absolute Gasteiger partial charge is 0.314 e. The van der Waals surface area contributed by atoms with Gasteiger partial charge in [0.1, 0.15) is 5.01 Å². The summed E-state index contributed by atoms with van der Waals surface area (Å²) in [5.74, 6) is 0. The summed E-state index contributed by atoms with van der Waals surface area (Å²) in [6.45, 7) is 6.74. The summed E-state index contributed by atoms with van der Waals surface area (Å²) in [6, 6.07) is 0.735. The molecule has 1 N–H and O–H groups in total. The van der Waals surface area contributed by atoms with Gasteiger partial charge in [-0.2, -0.15) is 0 Å². The molecule has 0 saturated carbocycles. The first-order chi connectivity index (χ1) is 6.90. The number of nitrogens with zero attached hydrogens (tertiary/aromatic N) is 2. The summed E-state index contributed by atoms with van der Waals surface area (Å²) < 4.78 is 0. The van der Waals surface area contributed by atoms with E-state index in [9.17, 15) is 0 Å². The molecule has 1 saturated heterocycles. The van der Waals surface area contributed by atoms with Gasteiger partial charge in [-0.15, -0.1) is 11.3 Å². The van der Waals surface area contributed by atoms with Crippen LogP contribution in [0.5, 0.6) is 0 Å². The fourth-order valence-corrected chi connectivity index (χ4v) is 2.36. The molecule has 0 spiro atoms. The van der Waals surface area contributed by atoms with E-state index < -0.39 is 0 Å². The summed E-state index contributed by atoms with van der Waals surface area (Å²) in [7, 11) is 0. The molecule has 0 atom stereocenters. The van der Waals surface area contributed by atoms with Gasteiger partial charge >= 0.3 is 0 Å². The summed E-state index contributed by atoms with van der Waals surface area (Å²) in [4.78, 5) is 6.87. The highest BCUT2D eigenvalue weighted by Gasteiger charge is 2.24. The Kier molecular flexibility index (Phi) is 3.50. The molecule has 0 unspecified atom stereocenters. The SMILES string of the molecule is CCCN(Cc1nccs1)C1CNC1. The number of hydrogen-bond acceptors (Lipinski definition) is 4. The van der Waals surface area contributed by atoms with Crippen LogP contribution >= 0.6 is 11.3 Å². The van der Waals surface area contributed by atoms with Crippen LogP contribution in [-0.2, 0) is 6.54 Å². The van der Waals surface area contributed by atoms with Crippen molar-refractivity contribution in [1.82, 2.24) is 15.2 Å². The minimum absolute atomic E-state index is 0.735. The Hall–Kier alpha value is -0.450. The maximum Gasteiger partial charge on any atom is 0.107 e. The second kappa shape index (κ2) is 4.87. The van der Waals surface area contributed by atoms with E-state index in [0.29, 0.717) is 0 Å². The summed E-state index contributed by atoms with van der Waals surface area (Å²) in [5.41, 5.74) is 0. The van der Waals surface area contributed by atoms with Crippen LogP contribution in [0.4, 0.5) is 0 Å². The Bertz CT molecular complexity index is 256. The molecule has 0 radical (unpaired) electrons. The number of aromatic nitrogens is 1. The van der Waals surface area contributed by atoms with E-state index in [4.69, 9.17) is 0 Å². The Morgan fingerprint density at radius 2 is 2.50 bits per heavy atom. The number of nitrogens with one attached hydrogen (secondary N) is 1. The van der Waals surface area contributed by atoms with Crippen molar-refractivity contribution in [3.63, 3.8) is 0 Å². The summed E-state index contributed by atoms with van der Waals surface area (Å²) in [6.07, 6.45) is 3.12. The van der Waals surface area contributed by atoms with Gasteiger partial charge in [-0.3, -0.25) is 4.90 Å². The number of hydrogen-bond donors (Lipinski definition) is 1. The second-order valence-corrected chi connectivity index (χ2v) is 4.69. The summed E-state index contributed by atoms with van der Waals surface area (Å²) in [5, 5.41) is 6.62. The molecular formula is C10H17N3S. The third-order valence-corrected chi connectivity index (χ3v) is 3.37. The van der Waals surface area contributed by atoms with Crippen LogP contribution in [0.1, 0.15) is 18.4 Å². The lowest BCUT2D eigenvalue weighted by atomic mass is 10.1. The average molecular weight is 211 g/mol. The van der Waals surface area contributed by atoms with Gasteiger partial charge in [0.05, 0.1) is 6.54 Å². The Labute approximate surface area is 89.1 Å². The molecule has 3 nitrogen and oxygen atoms in total. The monoisotopic (exact) mass is 211 g/mol. The molecule has 1 aliphatic heterocycles. The van der Waals surface area contributed by atoms with Gasteiger partial charge in [-0.1, -0.05) is 6.92 Å². The van der Waals surface area contributed by atoms with E-state index in [1.165, 1.54) is 18.0 Å². The molecule has 14 heavy (non-hydrogen) atoms. The quantitative estimate of drug-likeness (QED) is 0.796. The van der Waals surface area contributed by atoms with Gasteiger partial charge in [0, 0.05) is 30.7 Å². The average Bonchev–Trinajstić information content (AvgIpc) is 2.54. The predicted molar refractivity (Wildman–Crippen MR) is 59.5 cm³/mol. The van der Waals surface area contributed by atoms with Crippen molar-refractivity contribution in [2.75, 3.05) is 19.6 Å². The molecule has 78 valence electrons. The van der Waals surface area contributed by atoms with Crippen LogP contribution in [0.2, 0.25) is 0 Å². The van der Waals surface area contributed by atoms with E-state index in [0.717, 1.165) is 25.7 Å². The Balaban J connectivity index is 1.89. The van der Waals surface area contributed by atoms with Crippen LogP contribution < -0.4 is 5.32 Å². The molecule has 0 aromatic carbocycles. The van der Waals surface area contributed by atoms with Gasteiger partial charge in [0.25, 0.3) is 0 Å². The molecule has 2 rings (SSSR count). The Morgan fingerprint density at radius 1 is 1.64 bits per heavy atom. The van der Waals surface area contributed by atoms with Crippen molar-refractivity contribution in [2.45, 2.75) is 25.9 Å². The molecule has 0 aliphatic carbocycles. The molecular weight excluding hydrogens is 194 g/mol. The van der Waals surface area contributed by atoms with Crippen molar-refractivity contribution < 1.29 is 0 Å². The van der Waals surface area contributed by atoms with E-state index in [1.54, 1.807) is 11.3 Å². The lowest BCUT2D eigenvalue weighted by molar-refractivity contribution is 0.137. The highest BCUT2D eigenvalue weighted by atomic mass is 32.1. The lowest BCUT2D eigenvalue weighted by Gasteiger charge is -2.37. The van der Waals surface area contributed by atoms with Crippen molar-refractivity contribution in [2.24, 2.45) is 0 Å². The Morgan fingerprint density at radius 3 is 3.00 bits per heavy atom. The van der Waals surface area contributed by atoms with E-state index >= 15 is 0 Å². The fraction of sp³-hybridized carbons (Fsp3) is 0.700. The fourth-order valence-electron chi connectivity index (χ4n) is 1.71. The molecule has 1 fully saturated rings. The van der Waals surface area contributed by atoms with Gasteiger partial charge in [0.15, 0.2) is 0 Å². The van der Waals surface area contributed by atoms with Gasteiger partial charge in [-0.25, -0.2) is 4.98 Å². The molecule has 4 heteroatoms. The molecule has 2 heterocycles. The smallest absolute Gasteiger partial charge is 0.107 e. The third kappa shape index (κ3) is 2.32. The van der Waals surface area contributed by atoms with Crippen molar-refractivity contribution >= 4 is 11.3 Å². The molecule has 1 aliphatic rings. The zero-order chi connectivity index (χ0) is 9.80. The van der Waals surface area contributed by atoms with Crippen LogP contribution in [-0.4, -0.2) is 35.6 Å². The minimum atomic E-state index is 0.735. The van der Waals surface area contributed by atoms with E-state index in [-0.39, 0.29) is 0 Å². The van der Waals surface area contributed by atoms with Crippen molar-refractivity contribution in [3.8, 4) is 0 Å². The van der Waals surface area contributed by atoms with E-state index in [2.05, 4.69) is 27.5 Å². The van der Waals surface area contributed by atoms with Crippen molar-refractivity contribution in [3.05, 3.63) is 16.6 Å². The van der Waals surface area contributed by atoms with Crippen molar-refractivity contribution in [1.29, 1.82) is 0 Å². The van der Waals surface area contributed by atoms with Crippen LogP contribution in [0, 0.1) is 0 Å². The maximum absolute atomic E-state index is 4.34. The molecule has 0 amide bonds. The van der Waals surface area contributed by atoms with Crippen LogP contribution in [0.15, 0.2) is 11.6 Å². The molecule has 1 aromatic heterocycles. The first-order valence-electron chi connectivity index (χ1n) is 5.23. The third-order valence-electron chi connectivity index (χ3n) is 2.61. The standard InChI is InChI=1S/C10H17N3S/c1-2-4-13(9-6-11-7-9)8-10-12-3-5-14-10/h3,5,9,11H,2,4,6-8H2,1H3. The molecule has 1 aromatic rings. The van der Waals surface area contributed by atoms with Crippen LogP contribution in [0.3, 0.4) is 0 Å². The highest BCUT2D eigenvalue weighted by Crippen LogP contribution is 2.13. The maximum atomic E-state index is 4.34. The van der Waals surface area contributed by atoms with Gasteiger partial charge < -0.3 is 5.32 Å². The highest BCUT2D eigenvalue weighted by molar-refractivity contribution is 7.09. The zero-order valence-electron chi connectivity index (χ0n) is 8.57. The topological polar surface area (TPSA) is 28.2 Å². The van der Waals surface area contributed by atoms with Gasteiger partial charge in [-0.05, 0) is 13.0 Å². The second-order valence-electron chi connectivity index (χ2n) is 3.71. The minimum Gasteiger partial charge on any atom is -0.314 e.